The summed E-state index contributed by atoms with van der Waals surface area (Å²) in [6.45, 7) is 8.05. The van der Waals surface area contributed by atoms with E-state index in [9.17, 15) is 4.79 Å². The highest BCUT2D eigenvalue weighted by molar-refractivity contribution is 5.91. The largest absolute Gasteiger partial charge is 0.493 e. The fraction of sp³-hybridized carbons (Fsp3) is 0.500. The third-order valence-corrected chi connectivity index (χ3v) is 3.09. The molecule has 4 nitrogen and oxygen atoms in total. The first-order valence-electron chi connectivity index (χ1n) is 7.79. The van der Waals surface area contributed by atoms with Crippen LogP contribution in [0, 0.1) is 0 Å². The number of nitrogens with one attached hydrogen (secondary N) is 1. The summed E-state index contributed by atoms with van der Waals surface area (Å²) in [4.78, 5) is 11.8. The molecule has 0 fully saturated rings. The molecular formula is C18H27NO3. The summed E-state index contributed by atoms with van der Waals surface area (Å²) in [5.41, 5.74) is 0.895. The molecule has 122 valence electrons. The van der Waals surface area contributed by atoms with E-state index in [4.69, 9.17) is 9.47 Å². The molecule has 1 aromatic carbocycles. The van der Waals surface area contributed by atoms with E-state index in [-0.39, 0.29) is 18.1 Å². The van der Waals surface area contributed by atoms with Gasteiger partial charge in [0.1, 0.15) is 0 Å². The second kappa shape index (κ2) is 9.13. The number of rotatable bonds is 8. The summed E-state index contributed by atoms with van der Waals surface area (Å²) < 4.78 is 11.0. The first-order valence-corrected chi connectivity index (χ1v) is 7.79. The van der Waals surface area contributed by atoms with Crippen molar-refractivity contribution in [1.82, 2.24) is 5.32 Å². The summed E-state index contributed by atoms with van der Waals surface area (Å²) in [7, 11) is 1.61. The fourth-order valence-electron chi connectivity index (χ4n) is 2.11. The Bertz CT molecular complexity index is 509. The highest BCUT2D eigenvalue weighted by Crippen LogP contribution is 2.29. The van der Waals surface area contributed by atoms with Crippen LogP contribution in [0.4, 0.5) is 0 Å². The molecule has 0 aliphatic rings. The summed E-state index contributed by atoms with van der Waals surface area (Å²) in [6.07, 6.45) is 5.44. The number of hydrogen-bond acceptors (Lipinski definition) is 3. The molecule has 1 amide bonds. The lowest BCUT2D eigenvalue weighted by molar-refractivity contribution is -0.117. The molecule has 1 unspecified atom stereocenters. The molecule has 0 heterocycles. The van der Waals surface area contributed by atoms with Gasteiger partial charge in [0.25, 0.3) is 0 Å². The van der Waals surface area contributed by atoms with Gasteiger partial charge in [-0.3, -0.25) is 4.79 Å². The lowest BCUT2D eigenvalue weighted by Crippen LogP contribution is -2.30. The summed E-state index contributed by atoms with van der Waals surface area (Å²) in [6, 6.07) is 5.81. The molecule has 1 rings (SSSR count). The van der Waals surface area contributed by atoms with Crippen LogP contribution in [0.15, 0.2) is 24.3 Å². The monoisotopic (exact) mass is 305 g/mol. The normalized spacial score (nSPS) is 12.5. The maximum absolute atomic E-state index is 11.8. The lowest BCUT2D eigenvalue weighted by Gasteiger charge is -2.13. The fourth-order valence-corrected chi connectivity index (χ4v) is 2.11. The average Bonchev–Trinajstić information content (AvgIpc) is 2.45. The van der Waals surface area contributed by atoms with Crippen LogP contribution in [0.3, 0.4) is 0 Å². The highest BCUT2D eigenvalue weighted by Gasteiger charge is 2.07. The van der Waals surface area contributed by atoms with E-state index in [0.717, 1.165) is 18.4 Å². The van der Waals surface area contributed by atoms with Crippen LogP contribution in [-0.2, 0) is 4.79 Å². The molecule has 0 aliphatic carbocycles. The van der Waals surface area contributed by atoms with Crippen molar-refractivity contribution in [2.45, 2.75) is 52.7 Å². The van der Waals surface area contributed by atoms with E-state index in [1.165, 1.54) is 0 Å². The first-order chi connectivity index (χ1) is 10.5. The maximum Gasteiger partial charge on any atom is 0.244 e. The molecule has 0 saturated carbocycles. The van der Waals surface area contributed by atoms with Crippen molar-refractivity contribution in [1.29, 1.82) is 0 Å². The average molecular weight is 305 g/mol. The van der Waals surface area contributed by atoms with E-state index in [1.54, 1.807) is 19.3 Å². The number of benzene rings is 1. The zero-order chi connectivity index (χ0) is 16.5. The number of hydrogen-bond donors (Lipinski definition) is 1. The van der Waals surface area contributed by atoms with Gasteiger partial charge in [0.15, 0.2) is 11.5 Å². The molecule has 0 aromatic heterocycles. The summed E-state index contributed by atoms with van der Waals surface area (Å²) in [5, 5.41) is 2.94. The van der Waals surface area contributed by atoms with E-state index in [1.807, 2.05) is 39.0 Å². The predicted molar refractivity (Wildman–Crippen MR) is 90.3 cm³/mol. The van der Waals surface area contributed by atoms with Crippen molar-refractivity contribution >= 4 is 12.0 Å². The Morgan fingerprint density at radius 1 is 1.27 bits per heavy atom. The number of amides is 1. The van der Waals surface area contributed by atoms with Gasteiger partial charge in [-0.1, -0.05) is 19.4 Å². The Morgan fingerprint density at radius 3 is 2.59 bits per heavy atom. The van der Waals surface area contributed by atoms with Gasteiger partial charge in [0.05, 0.1) is 13.2 Å². The quantitative estimate of drug-likeness (QED) is 0.743. The Balaban J connectivity index is 2.73. The van der Waals surface area contributed by atoms with Gasteiger partial charge in [0.2, 0.25) is 5.91 Å². The maximum atomic E-state index is 11.8. The zero-order valence-electron chi connectivity index (χ0n) is 14.2. The standard InChI is InChI=1S/C18H27NO3/c1-6-7-14(4)19-18(20)11-9-15-8-10-16(22-13(2)3)17(12-15)21-5/h8-14H,6-7H2,1-5H3,(H,19,20). The van der Waals surface area contributed by atoms with Crippen molar-refractivity contribution in [2.75, 3.05) is 7.11 Å². The van der Waals surface area contributed by atoms with Crippen molar-refractivity contribution < 1.29 is 14.3 Å². The number of methoxy groups -OCH3 is 1. The van der Waals surface area contributed by atoms with Gasteiger partial charge in [-0.25, -0.2) is 0 Å². The van der Waals surface area contributed by atoms with Crippen LogP contribution in [0.25, 0.3) is 6.08 Å². The van der Waals surface area contributed by atoms with Crippen LogP contribution in [0.1, 0.15) is 46.1 Å². The van der Waals surface area contributed by atoms with Crippen LogP contribution < -0.4 is 14.8 Å². The molecule has 1 aromatic rings. The minimum absolute atomic E-state index is 0.0811. The van der Waals surface area contributed by atoms with Crippen LogP contribution >= 0.6 is 0 Å². The number of ether oxygens (including phenoxy) is 2. The second-order valence-electron chi connectivity index (χ2n) is 5.61. The Kier molecular flexibility index (Phi) is 7.50. The lowest BCUT2D eigenvalue weighted by atomic mass is 10.1. The molecular weight excluding hydrogens is 278 g/mol. The topological polar surface area (TPSA) is 47.6 Å². The van der Waals surface area contributed by atoms with E-state index < -0.39 is 0 Å². The smallest absolute Gasteiger partial charge is 0.244 e. The van der Waals surface area contributed by atoms with E-state index in [0.29, 0.717) is 11.5 Å². The van der Waals surface area contributed by atoms with Crippen LogP contribution in [-0.4, -0.2) is 25.2 Å². The second-order valence-corrected chi connectivity index (χ2v) is 5.61. The third kappa shape index (κ3) is 6.20. The molecule has 0 saturated heterocycles. The van der Waals surface area contributed by atoms with Gasteiger partial charge in [-0.15, -0.1) is 0 Å². The van der Waals surface area contributed by atoms with Crippen LogP contribution in [0.2, 0.25) is 0 Å². The third-order valence-electron chi connectivity index (χ3n) is 3.09. The molecule has 4 heteroatoms. The van der Waals surface area contributed by atoms with Gasteiger partial charge >= 0.3 is 0 Å². The van der Waals surface area contributed by atoms with Crippen molar-refractivity contribution in [3.05, 3.63) is 29.8 Å². The van der Waals surface area contributed by atoms with Crippen molar-refractivity contribution in [3.8, 4) is 11.5 Å². The Morgan fingerprint density at radius 2 is 2.00 bits per heavy atom. The Hall–Kier alpha value is -1.97. The van der Waals surface area contributed by atoms with Gasteiger partial charge in [-0.2, -0.15) is 0 Å². The van der Waals surface area contributed by atoms with E-state index in [2.05, 4.69) is 12.2 Å². The number of carbonyl (C=O) groups is 1. The number of carbonyl (C=O) groups excluding carboxylic acids is 1. The SMILES string of the molecule is CCCC(C)NC(=O)C=Cc1ccc(OC(C)C)c(OC)c1. The highest BCUT2D eigenvalue weighted by atomic mass is 16.5. The molecule has 0 aliphatic heterocycles. The first kappa shape index (κ1) is 18.1. The summed E-state index contributed by atoms with van der Waals surface area (Å²) >= 11 is 0. The molecule has 1 N–H and O–H groups in total. The zero-order valence-corrected chi connectivity index (χ0v) is 14.2. The van der Waals surface area contributed by atoms with E-state index >= 15 is 0 Å². The minimum atomic E-state index is -0.0811. The molecule has 0 spiro atoms. The van der Waals surface area contributed by atoms with Crippen molar-refractivity contribution in [3.63, 3.8) is 0 Å². The van der Waals surface area contributed by atoms with Crippen molar-refractivity contribution in [2.24, 2.45) is 0 Å². The molecule has 0 bridgehead atoms. The Labute approximate surface area is 133 Å². The predicted octanol–water partition coefficient (Wildman–Crippen LogP) is 3.80. The van der Waals surface area contributed by atoms with Crippen LogP contribution in [0.5, 0.6) is 11.5 Å². The van der Waals surface area contributed by atoms with Gasteiger partial charge in [0, 0.05) is 12.1 Å². The molecule has 1 atom stereocenters. The molecule has 0 radical (unpaired) electrons. The van der Waals surface area contributed by atoms with Gasteiger partial charge in [-0.05, 0) is 51.0 Å². The summed E-state index contributed by atoms with van der Waals surface area (Å²) in [5.74, 6) is 1.29. The van der Waals surface area contributed by atoms with Gasteiger partial charge < -0.3 is 14.8 Å². The molecule has 22 heavy (non-hydrogen) atoms. The minimum Gasteiger partial charge on any atom is -0.493 e.